The Morgan fingerprint density at radius 2 is 1.96 bits per heavy atom. The van der Waals surface area contributed by atoms with Gasteiger partial charge in [0, 0.05) is 16.1 Å². The Morgan fingerprint density at radius 3 is 2.65 bits per heavy atom. The zero-order valence-corrected chi connectivity index (χ0v) is 13.4. The van der Waals surface area contributed by atoms with E-state index in [1.54, 1.807) is 24.3 Å². The lowest BCUT2D eigenvalue weighted by Gasteiger charge is -2.06. The quantitative estimate of drug-likeness (QED) is 0.530. The highest BCUT2D eigenvalue weighted by atomic mass is 35.7. The van der Waals surface area contributed by atoms with Gasteiger partial charge in [0.05, 0.1) is 18.8 Å². The summed E-state index contributed by atoms with van der Waals surface area (Å²) in [6.07, 6.45) is 1.08. The molecule has 0 aliphatic heterocycles. The molecule has 3 rings (SSSR count). The lowest BCUT2D eigenvalue weighted by atomic mass is 10.2. The number of rotatable bonds is 3. The monoisotopic (exact) mass is 351 g/mol. The molecule has 0 atom stereocenters. The van der Waals surface area contributed by atoms with E-state index in [1.807, 2.05) is 12.1 Å². The Hall–Kier alpha value is -2.45. The van der Waals surface area contributed by atoms with Crippen molar-refractivity contribution in [3.8, 4) is 5.82 Å². The van der Waals surface area contributed by atoms with E-state index in [0.29, 0.717) is 5.52 Å². The molecule has 0 saturated carbocycles. The van der Waals surface area contributed by atoms with Crippen molar-refractivity contribution in [1.82, 2.24) is 14.8 Å². The summed E-state index contributed by atoms with van der Waals surface area (Å²) >= 11 is 0. The third-order valence-corrected chi connectivity index (χ3v) is 4.46. The van der Waals surface area contributed by atoms with Crippen molar-refractivity contribution in [2.24, 2.45) is 0 Å². The number of hydrogen-bond acceptors (Lipinski definition) is 6. The molecule has 0 bridgehead atoms. The molecule has 2 aromatic heterocycles. The van der Waals surface area contributed by atoms with Crippen molar-refractivity contribution in [2.75, 3.05) is 7.11 Å². The van der Waals surface area contributed by atoms with E-state index in [4.69, 9.17) is 10.7 Å². The Bertz CT molecular complexity index is 1010. The van der Waals surface area contributed by atoms with E-state index in [9.17, 15) is 13.2 Å². The Balaban J connectivity index is 2.26. The number of halogens is 1. The standard InChI is InChI=1S/C14H10ClN3O4S/c1-22-14(19)10-8-16-18(13(10)23(15,20)21)12-7-6-9-4-2-3-5-11(9)17-12/h2-8H,1H3. The molecule has 0 N–H and O–H groups in total. The van der Waals surface area contributed by atoms with Crippen LogP contribution in [0.2, 0.25) is 0 Å². The second-order valence-electron chi connectivity index (χ2n) is 4.57. The molecule has 0 aliphatic rings. The van der Waals surface area contributed by atoms with Crippen molar-refractivity contribution in [2.45, 2.75) is 5.03 Å². The van der Waals surface area contributed by atoms with Crippen LogP contribution < -0.4 is 0 Å². The number of fused-ring (bicyclic) bond motifs is 1. The molecule has 23 heavy (non-hydrogen) atoms. The minimum atomic E-state index is -4.25. The first-order valence-corrected chi connectivity index (χ1v) is 8.70. The highest BCUT2D eigenvalue weighted by molar-refractivity contribution is 8.13. The lowest BCUT2D eigenvalue weighted by Crippen LogP contribution is -2.11. The number of carbonyl (C=O) groups is 1. The predicted molar refractivity (Wildman–Crippen MR) is 83.2 cm³/mol. The van der Waals surface area contributed by atoms with Gasteiger partial charge in [0.25, 0.3) is 9.05 Å². The molecular weight excluding hydrogens is 342 g/mol. The maximum Gasteiger partial charge on any atom is 0.342 e. The van der Waals surface area contributed by atoms with Crippen LogP contribution in [0, 0.1) is 0 Å². The third-order valence-electron chi connectivity index (χ3n) is 3.16. The first-order valence-electron chi connectivity index (χ1n) is 6.39. The van der Waals surface area contributed by atoms with Crippen molar-refractivity contribution in [1.29, 1.82) is 0 Å². The number of ether oxygens (including phenoxy) is 1. The molecule has 0 unspecified atom stereocenters. The molecule has 0 fully saturated rings. The maximum atomic E-state index is 11.9. The molecule has 2 heterocycles. The van der Waals surface area contributed by atoms with E-state index in [2.05, 4.69) is 14.8 Å². The van der Waals surface area contributed by atoms with E-state index in [1.165, 1.54) is 0 Å². The summed E-state index contributed by atoms with van der Waals surface area (Å²) in [6, 6.07) is 10.7. The summed E-state index contributed by atoms with van der Waals surface area (Å²) in [5, 5.41) is 4.32. The number of para-hydroxylation sites is 1. The fraction of sp³-hybridized carbons (Fsp3) is 0.0714. The number of pyridine rings is 1. The van der Waals surface area contributed by atoms with Gasteiger partial charge in [-0.1, -0.05) is 18.2 Å². The largest absolute Gasteiger partial charge is 0.465 e. The van der Waals surface area contributed by atoms with Crippen molar-refractivity contribution >= 4 is 36.6 Å². The van der Waals surface area contributed by atoms with Gasteiger partial charge in [-0.2, -0.15) is 5.10 Å². The Morgan fingerprint density at radius 1 is 1.22 bits per heavy atom. The third kappa shape index (κ3) is 2.78. The number of hydrogen-bond donors (Lipinski definition) is 0. The molecule has 0 saturated heterocycles. The van der Waals surface area contributed by atoms with E-state index < -0.39 is 20.0 Å². The van der Waals surface area contributed by atoms with Gasteiger partial charge in [0.15, 0.2) is 10.8 Å². The van der Waals surface area contributed by atoms with Crippen LogP contribution in [0.4, 0.5) is 0 Å². The fourth-order valence-corrected chi connectivity index (χ4v) is 3.35. The second kappa shape index (κ2) is 5.64. The van der Waals surface area contributed by atoms with Gasteiger partial charge in [-0.3, -0.25) is 0 Å². The number of aromatic nitrogens is 3. The Labute approximate surface area is 135 Å². The van der Waals surface area contributed by atoms with Gasteiger partial charge in [-0.05, 0) is 18.2 Å². The highest BCUT2D eigenvalue weighted by Crippen LogP contribution is 2.24. The van der Waals surface area contributed by atoms with Gasteiger partial charge in [0.2, 0.25) is 0 Å². The predicted octanol–water partition coefficient (Wildman–Crippen LogP) is 2.13. The first-order chi connectivity index (χ1) is 10.9. The molecule has 7 nitrogen and oxygen atoms in total. The smallest absolute Gasteiger partial charge is 0.342 e. The van der Waals surface area contributed by atoms with Gasteiger partial charge < -0.3 is 4.74 Å². The van der Waals surface area contributed by atoms with Gasteiger partial charge in [-0.25, -0.2) is 22.9 Å². The van der Waals surface area contributed by atoms with E-state index in [-0.39, 0.29) is 11.4 Å². The number of esters is 1. The summed E-state index contributed by atoms with van der Waals surface area (Å²) < 4.78 is 29.3. The van der Waals surface area contributed by atoms with Crippen molar-refractivity contribution in [3.63, 3.8) is 0 Å². The average molecular weight is 352 g/mol. The van der Waals surface area contributed by atoms with Crippen molar-refractivity contribution in [3.05, 3.63) is 48.2 Å². The average Bonchev–Trinajstić information content (AvgIpc) is 2.99. The van der Waals surface area contributed by atoms with Crippen LogP contribution in [-0.4, -0.2) is 36.3 Å². The number of carbonyl (C=O) groups excluding carboxylic acids is 1. The molecule has 0 radical (unpaired) electrons. The topological polar surface area (TPSA) is 91.2 Å². The van der Waals surface area contributed by atoms with Crippen LogP contribution in [0.3, 0.4) is 0 Å². The van der Waals surface area contributed by atoms with Crippen LogP contribution in [0.15, 0.2) is 47.6 Å². The molecule has 118 valence electrons. The molecule has 9 heteroatoms. The number of benzene rings is 1. The van der Waals surface area contributed by atoms with Crippen LogP contribution >= 0.6 is 10.7 Å². The van der Waals surface area contributed by atoms with Gasteiger partial charge in [-0.15, -0.1) is 0 Å². The second-order valence-corrected chi connectivity index (χ2v) is 7.05. The highest BCUT2D eigenvalue weighted by Gasteiger charge is 2.28. The van der Waals surface area contributed by atoms with Crippen LogP contribution in [0.1, 0.15) is 10.4 Å². The summed E-state index contributed by atoms with van der Waals surface area (Å²) in [5.41, 5.74) is 0.399. The molecular formula is C14H10ClN3O4S. The van der Waals surface area contributed by atoms with Crippen LogP contribution in [-0.2, 0) is 13.8 Å². The van der Waals surface area contributed by atoms with Crippen LogP contribution in [0.25, 0.3) is 16.7 Å². The molecule has 0 spiro atoms. The van der Waals surface area contributed by atoms with Gasteiger partial charge >= 0.3 is 5.97 Å². The minimum absolute atomic E-state index is 0.220. The number of methoxy groups -OCH3 is 1. The van der Waals surface area contributed by atoms with Crippen molar-refractivity contribution < 1.29 is 17.9 Å². The summed E-state index contributed by atoms with van der Waals surface area (Å²) in [7, 11) is 2.35. The molecule has 3 aromatic rings. The summed E-state index contributed by atoms with van der Waals surface area (Å²) in [6.45, 7) is 0. The molecule has 1 aromatic carbocycles. The molecule has 0 amide bonds. The first kappa shape index (κ1) is 15.4. The summed E-state index contributed by atoms with van der Waals surface area (Å²) in [5.74, 6) is -0.630. The SMILES string of the molecule is COC(=O)c1cnn(-c2ccc3ccccc3n2)c1S(=O)(=O)Cl. The zero-order valence-electron chi connectivity index (χ0n) is 11.8. The lowest BCUT2D eigenvalue weighted by molar-refractivity contribution is 0.0596. The fourth-order valence-electron chi connectivity index (χ4n) is 2.16. The maximum absolute atomic E-state index is 11.9. The van der Waals surface area contributed by atoms with E-state index >= 15 is 0 Å². The zero-order chi connectivity index (χ0) is 16.6. The van der Waals surface area contributed by atoms with E-state index in [0.717, 1.165) is 23.4 Å². The molecule has 0 aliphatic carbocycles. The Kier molecular flexibility index (Phi) is 3.78. The number of nitrogens with zero attached hydrogens (tertiary/aromatic N) is 3. The minimum Gasteiger partial charge on any atom is -0.465 e. The van der Waals surface area contributed by atoms with Crippen LogP contribution in [0.5, 0.6) is 0 Å². The normalized spacial score (nSPS) is 11.6. The summed E-state index contributed by atoms with van der Waals surface area (Å²) in [4.78, 5) is 16.1. The van der Waals surface area contributed by atoms with Gasteiger partial charge in [0.1, 0.15) is 5.56 Å².